The summed E-state index contributed by atoms with van der Waals surface area (Å²) in [6.07, 6.45) is -4.87. The van der Waals surface area contributed by atoms with Crippen LogP contribution in [0.1, 0.15) is 21.7 Å². The summed E-state index contributed by atoms with van der Waals surface area (Å²) < 4.78 is 39.2. The van der Waals surface area contributed by atoms with Gasteiger partial charge in [0.05, 0.1) is 0 Å². The number of aryl methyl sites for hydroxylation is 1. The third-order valence-electron chi connectivity index (χ3n) is 3.08. The largest absolute Gasteiger partial charge is 0.454 e. The van der Waals surface area contributed by atoms with Crippen LogP contribution in [0.15, 0.2) is 30.3 Å². The van der Waals surface area contributed by atoms with E-state index in [0.717, 1.165) is 0 Å². The van der Waals surface area contributed by atoms with E-state index in [-0.39, 0.29) is 11.3 Å². The highest BCUT2D eigenvalue weighted by Gasteiger charge is 2.41. The molecule has 3 nitrogen and oxygen atoms in total. The third kappa shape index (κ3) is 2.41. The number of benzene rings is 1. The zero-order valence-corrected chi connectivity index (χ0v) is 11.0. The van der Waals surface area contributed by atoms with Crippen LogP contribution in [0, 0.1) is 13.8 Å². The van der Waals surface area contributed by atoms with Crippen LogP contribution >= 0.6 is 0 Å². The van der Waals surface area contributed by atoms with E-state index < -0.39 is 12.0 Å². The van der Waals surface area contributed by atoms with E-state index in [9.17, 15) is 18.0 Å². The zero-order valence-electron chi connectivity index (χ0n) is 11.0. The molecule has 20 heavy (non-hydrogen) atoms. The van der Waals surface area contributed by atoms with Gasteiger partial charge in [-0.25, -0.2) is 0 Å². The first-order valence-electron chi connectivity index (χ1n) is 5.88. The lowest BCUT2D eigenvalue weighted by Gasteiger charge is -2.10. The molecule has 1 aromatic carbocycles. The number of carbonyl (C=O) groups is 1. The monoisotopic (exact) mass is 282 g/mol. The zero-order chi connectivity index (χ0) is 15.1. The molecular weight excluding hydrogens is 269 g/mol. The number of ketones is 1. The number of halogens is 3. The maximum atomic E-state index is 12.5. The highest BCUT2D eigenvalue weighted by molar-refractivity contribution is 6.01. The number of nitrogens with zero attached hydrogens (tertiary/aromatic N) is 1. The van der Waals surface area contributed by atoms with Gasteiger partial charge in [-0.05, 0) is 44.2 Å². The second kappa shape index (κ2) is 4.70. The molecule has 0 radical (unpaired) electrons. The highest BCUT2D eigenvalue weighted by Crippen LogP contribution is 2.27. The number of hydrogen-bond donors (Lipinski definition) is 1. The SMILES string of the molecule is Cc1cc(C(=O)C(F)(F)F)c(C)n1-c1ccc(N)cc1. The quantitative estimate of drug-likeness (QED) is 0.677. The van der Waals surface area contributed by atoms with E-state index in [0.29, 0.717) is 17.1 Å². The standard InChI is InChI=1S/C14H13F3N2O/c1-8-7-12(13(20)14(15,16)17)9(2)19(8)11-5-3-10(18)4-6-11/h3-7H,18H2,1-2H3. The first-order valence-corrected chi connectivity index (χ1v) is 5.88. The van der Waals surface area contributed by atoms with E-state index in [2.05, 4.69) is 0 Å². The molecule has 0 aliphatic rings. The maximum absolute atomic E-state index is 12.5. The van der Waals surface area contributed by atoms with Gasteiger partial charge in [0.1, 0.15) is 0 Å². The first-order chi connectivity index (χ1) is 9.21. The number of rotatable bonds is 2. The number of alkyl halides is 3. The van der Waals surface area contributed by atoms with Gasteiger partial charge in [-0.1, -0.05) is 0 Å². The van der Waals surface area contributed by atoms with Gasteiger partial charge in [-0.15, -0.1) is 0 Å². The number of nitrogens with two attached hydrogens (primary N) is 1. The molecule has 0 saturated carbocycles. The second-order valence-electron chi connectivity index (χ2n) is 4.54. The summed E-state index contributed by atoms with van der Waals surface area (Å²) in [6, 6.07) is 7.94. The Morgan fingerprint density at radius 1 is 1.15 bits per heavy atom. The minimum absolute atomic E-state index is 0.259. The summed E-state index contributed by atoms with van der Waals surface area (Å²) in [7, 11) is 0. The summed E-state index contributed by atoms with van der Waals surface area (Å²) in [5, 5.41) is 0. The van der Waals surface area contributed by atoms with Crippen LogP contribution in [-0.4, -0.2) is 16.5 Å². The predicted octanol–water partition coefficient (Wildman–Crippen LogP) is 3.42. The normalized spacial score (nSPS) is 11.7. The van der Waals surface area contributed by atoms with Crippen LogP contribution in [0.2, 0.25) is 0 Å². The van der Waals surface area contributed by atoms with Crippen molar-refractivity contribution in [3.63, 3.8) is 0 Å². The van der Waals surface area contributed by atoms with Crippen LogP contribution in [0.5, 0.6) is 0 Å². The molecule has 0 fully saturated rings. The lowest BCUT2D eigenvalue weighted by Crippen LogP contribution is -2.23. The lowest BCUT2D eigenvalue weighted by atomic mass is 10.1. The minimum atomic E-state index is -4.87. The molecule has 2 aromatic rings. The van der Waals surface area contributed by atoms with E-state index in [1.807, 2.05) is 0 Å². The molecule has 0 unspecified atom stereocenters. The molecule has 106 valence electrons. The molecule has 1 aromatic heterocycles. The summed E-state index contributed by atoms with van der Waals surface area (Å²) >= 11 is 0. The van der Waals surface area contributed by atoms with E-state index in [4.69, 9.17) is 5.73 Å². The van der Waals surface area contributed by atoms with Gasteiger partial charge in [-0.3, -0.25) is 4.79 Å². The van der Waals surface area contributed by atoms with Crippen molar-refractivity contribution in [1.82, 2.24) is 4.57 Å². The Balaban J connectivity index is 2.55. The average Bonchev–Trinajstić information content (AvgIpc) is 2.64. The van der Waals surface area contributed by atoms with Crippen molar-refractivity contribution in [2.45, 2.75) is 20.0 Å². The van der Waals surface area contributed by atoms with Crippen LogP contribution < -0.4 is 5.73 Å². The van der Waals surface area contributed by atoms with Crippen LogP contribution in [0.25, 0.3) is 5.69 Å². The Kier molecular flexibility index (Phi) is 3.33. The lowest BCUT2D eigenvalue weighted by molar-refractivity contribution is -0.0885. The predicted molar refractivity (Wildman–Crippen MR) is 70.0 cm³/mol. The Hall–Kier alpha value is -2.24. The number of Topliss-reactive ketones (excluding diaryl/α,β-unsaturated/α-hetero) is 1. The first kappa shape index (κ1) is 14.2. The molecule has 0 aliphatic carbocycles. The number of carbonyl (C=O) groups excluding carboxylic acids is 1. The average molecular weight is 282 g/mol. The molecule has 0 atom stereocenters. The summed E-state index contributed by atoms with van der Waals surface area (Å²) in [6.45, 7) is 3.14. The van der Waals surface area contributed by atoms with Gasteiger partial charge in [0.2, 0.25) is 0 Å². The fourth-order valence-corrected chi connectivity index (χ4v) is 2.17. The van der Waals surface area contributed by atoms with Gasteiger partial charge in [-0.2, -0.15) is 13.2 Å². The third-order valence-corrected chi connectivity index (χ3v) is 3.08. The van der Waals surface area contributed by atoms with Crippen molar-refractivity contribution < 1.29 is 18.0 Å². The molecule has 0 saturated heterocycles. The molecule has 2 rings (SSSR count). The Morgan fingerprint density at radius 2 is 1.70 bits per heavy atom. The Labute approximate surface area is 113 Å². The number of hydrogen-bond acceptors (Lipinski definition) is 2. The van der Waals surface area contributed by atoms with Gasteiger partial charge in [0.25, 0.3) is 5.78 Å². The van der Waals surface area contributed by atoms with Crippen LogP contribution in [-0.2, 0) is 0 Å². The van der Waals surface area contributed by atoms with Crippen molar-refractivity contribution >= 4 is 11.5 Å². The van der Waals surface area contributed by atoms with E-state index in [1.165, 1.54) is 13.0 Å². The smallest absolute Gasteiger partial charge is 0.399 e. The van der Waals surface area contributed by atoms with Crippen molar-refractivity contribution in [2.24, 2.45) is 0 Å². The molecule has 0 bridgehead atoms. The fourth-order valence-electron chi connectivity index (χ4n) is 2.17. The van der Waals surface area contributed by atoms with Crippen molar-refractivity contribution in [3.8, 4) is 5.69 Å². The molecule has 0 amide bonds. The summed E-state index contributed by atoms with van der Waals surface area (Å²) in [4.78, 5) is 11.4. The van der Waals surface area contributed by atoms with Crippen molar-refractivity contribution in [2.75, 3.05) is 5.73 Å². The number of anilines is 1. The Morgan fingerprint density at radius 3 is 2.20 bits per heavy atom. The summed E-state index contributed by atoms with van der Waals surface area (Å²) in [5.74, 6) is -1.83. The maximum Gasteiger partial charge on any atom is 0.454 e. The second-order valence-corrected chi connectivity index (χ2v) is 4.54. The molecule has 6 heteroatoms. The number of aromatic nitrogens is 1. The molecule has 0 aliphatic heterocycles. The van der Waals surface area contributed by atoms with Crippen LogP contribution in [0.4, 0.5) is 18.9 Å². The molecule has 2 N–H and O–H groups in total. The molecular formula is C14H13F3N2O. The van der Waals surface area contributed by atoms with E-state index >= 15 is 0 Å². The van der Waals surface area contributed by atoms with Gasteiger partial charge in [0, 0.05) is 28.3 Å². The van der Waals surface area contributed by atoms with E-state index in [1.54, 1.807) is 35.8 Å². The fraction of sp³-hybridized carbons (Fsp3) is 0.214. The molecule has 0 spiro atoms. The van der Waals surface area contributed by atoms with Gasteiger partial charge < -0.3 is 10.3 Å². The van der Waals surface area contributed by atoms with Gasteiger partial charge in [0.15, 0.2) is 0 Å². The molecule has 1 heterocycles. The highest BCUT2D eigenvalue weighted by atomic mass is 19.4. The Bertz CT molecular complexity index is 654. The van der Waals surface area contributed by atoms with Crippen molar-refractivity contribution in [3.05, 3.63) is 47.3 Å². The minimum Gasteiger partial charge on any atom is -0.399 e. The topological polar surface area (TPSA) is 48.0 Å². The van der Waals surface area contributed by atoms with Gasteiger partial charge >= 0.3 is 6.18 Å². The number of nitrogen functional groups attached to an aromatic ring is 1. The van der Waals surface area contributed by atoms with Crippen molar-refractivity contribution in [1.29, 1.82) is 0 Å². The summed E-state index contributed by atoms with van der Waals surface area (Å²) in [5.41, 5.74) is 7.29. The van der Waals surface area contributed by atoms with Crippen LogP contribution in [0.3, 0.4) is 0 Å².